The van der Waals surface area contributed by atoms with Crippen molar-refractivity contribution in [3.63, 3.8) is 0 Å². The Bertz CT molecular complexity index is 1360. The van der Waals surface area contributed by atoms with Crippen LogP contribution in [0.15, 0.2) is 59.5 Å². The number of hydrogen-bond donors (Lipinski definition) is 3. The summed E-state index contributed by atoms with van der Waals surface area (Å²) in [7, 11) is -4.09. The fourth-order valence-corrected chi connectivity index (χ4v) is 5.47. The number of para-hydroxylation sites is 1. The molecule has 2 heterocycles. The molecule has 2 aromatic carbocycles. The van der Waals surface area contributed by atoms with Gasteiger partial charge in [0.1, 0.15) is 12.4 Å². The Hall–Kier alpha value is -3.70. The molecule has 0 radical (unpaired) electrons. The molecule has 2 unspecified atom stereocenters. The summed E-state index contributed by atoms with van der Waals surface area (Å²) in [6.07, 6.45) is -1.21. The molecule has 1 aromatic heterocycles. The molecule has 184 valence electrons. The molecule has 11 heteroatoms. The molecular weight excluding hydrogens is 474 g/mol. The van der Waals surface area contributed by atoms with Gasteiger partial charge in [0, 0.05) is 29.7 Å². The van der Waals surface area contributed by atoms with Crippen LogP contribution in [-0.4, -0.2) is 59.7 Å². The molecule has 2 atom stereocenters. The maximum absolute atomic E-state index is 12.9. The maximum atomic E-state index is 12.9. The van der Waals surface area contributed by atoms with Crippen molar-refractivity contribution in [2.24, 2.45) is 5.92 Å². The monoisotopic (exact) mass is 499 g/mol. The lowest BCUT2D eigenvalue weighted by molar-refractivity contribution is -0.144. The van der Waals surface area contributed by atoms with E-state index >= 15 is 0 Å². The Kier molecular flexibility index (Phi) is 6.90. The number of benzene rings is 2. The molecule has 0 bridgehead atoms. The molecule has 35 heavy (non-hydrogen) atoms. The van der Waals surface area contributed by atoms with Gasteiger partial charge in [-0.3, -0.25) is 9.78 Å². The van der Waals surface area contributed by atoms with Gasteiger partial charge in [0.05, 0.1) is 22.4 Å². The van der Waals surface area contributed by atoms with E-state index in [2.05, 4.69) is 9.71 Å². The number of fused-ring (bicyclic) bond motifs is 1. The predicted octanol–water partition coefficient (Wildman–Crippen LogP) is 2.85. The Balaban J connectivity index is 1.47. The number of pyridine rings is 1. The molecule has 10 nitrogen and oxygen atoms in total. The number of nitrogens with zero attached hydrogens (tertiary/aromatic N) is 2. The van der Waals surface area contributed by atoms with Crippen molar-refractivity contribution >= 4 is 33.0 Å². The van der Waals surface area contributed by atoms with E-state index in [1.165, 1.54) is 24.3 Å². The summed E-state index contributed by atoms with van der Waals surface area (Å²) in [6, 6.07) is 14.3. The van der Waals surface area contributed by atoms with E-state index in [1.54, 1.807) is 0 Å². The topological polar surface area (TPSA) is 146 Å². The van der Waals surface area contributed by atoms with E-state index in [4.69, 9.17) is 4.74 Å². The number of ether oxygens (including phenoxy) is 1. The first-order valence-electron chi connectivity index (χ1n) is 10.9. The molecule has 1 aliphatic rings. The molecule has 3 aromatic rings. The lowest BCUT2D eigenvalue weighted by atomic mass is 9.93. The van der Waals surface area contributed by atoms with Gasteiger partial charge in [-0.1, -0.05) is 18.2 Å². The summed E-state index contributed by atoms with van der Waals surface area (Å²) in [5, 5.41) is 19.6. The summed E-state index contributed by atoms with van der Waals surface area (Å²) < 4.78 is 34.0. The molecule has 0 spiro atoms. The quantitative estimate of drug-likeness (QED) is 0.450. The van der Waals surface area contributed by atoms with E-state index in [-0.39, 0.29) is 31.0 Å². The number of amides is 1. The first-order valence-corrected chi connectivity index (χ1v) is 12.4. The number of rotatable bonds is 7. The average molecular weight is 500 g/mol. The molecule has 1 amide bonds. The molecule has 1 fully saturated rings. The maximum Gasteiger partial charge on any atom is 0.407 e. The van der Waals surface area contributed by atoms with E-state index in [1.807, 2.05) is 37.3 Å². The van der Waals surface area contributed by atoms with Crippen LogP contribution >= 0.6 is 0 Å². The summed E-state index contributed by atoms with van der Waals surface area (Å²) >= 11 is 0. The average Bonchev–Trinajstić information content (AvgIpc) is 2.82. The number of hydrogen-bond acceptors (Lipinski definition) is 6. The van der Waals surface area contributed by atoms with Crippen LogP contribution in [0.5, 0.6) is 5.75 Å². The minimum atomic E-state index is -4.09. The summed E-state index contributed by atoms with van der Waals surface area (Å²) in [4.78, 5) is 28.3. The Labute approximate surface area is 202 Å². The van der Waals surface area contributed by atoms with Gasteiger partial charge >= 0.3 is 12.1 Å². The summed E-state index contributed by atoms with van der Waals surface area (Å²) in [5.41, 5.74) is 2.67. The third kappa shape index (κ3) is 5.52. The van der Waals surface area contributed by atoms with Crippen molar-refractivity contribution in [3.05, 3.63) is 65.9 Å². The van der Waals surface area contributed by atoms with Gasteiger partial charge in [0.2, 0.25) is 10.0 Å². The van der Waals surface area contributed by atoms with Gasteiger partial charge in [0.15, 0.2) is 0 Å². The second-order valence-electron chi connectivity index (χ2n) is 8.39. The van der Waals surface area contributed by atoms with Gasteiger partial charge in [0.25, 0.3) is 0 Å². The third-order valence-electron chi connectivity index (χ3n) is 5.97. The van der Waals surface area contributed by atoms with Crippen LogP contribution in [0.25, 0.3) is 10.9 Å². The Morgan fingerprint density at radius 1 is 1.14 bits per heavy atom. The van der Waals surface area contributed by atoms with Crippen molar-refractivity contribution < 1.29 is 33.0 Å². The summed E-state index contributed by atoms with van der Waals surface area (Å²) in [6.45, 7) is 1.95. The molecule has 0 saturated carbocycles. The van der Waals surface area contributed by atoms with Crippen LogP contribution in [0, 0.1) is 12.8 Å². The molecular formula is C24H25N3O7S. The minimum Gasteiger partial charge on any atom is -0.489 e. The van der Waals surface area contributed by atoms with Crippen molar-refractivity contribution in [1.29, 1.82) is 0 Å². The van der Waals surface area contributed by atoms with Crippen molar-refractivity contribution in [3.8, 4) is 5.75 Å². The van der Waals surface area contributed by atoms with Crippen LogP contribution < -0.4 is 9.46 Å². The third-order valence-corrected chi connectivity index (χ3v) is 7.47. The second kappa shape index (κ2) is 9.88. The fraction of sp³-hybridized carbons (Fsp3) is 0.292. The van der Waals surface area contributed by atoms with E-state index in [9.17, 15) is 28.2 Å². The molecule has 1 aliphatic heterocycles. The minimum absolute atomic E-state index is 0.0186. The number of carboxylic acids is 1. The number of nitrogens with one attached hydrogen (secondary N) is 1. The SMILES string of the molecule is Cc1cc(COc2ccc(S(=O)(=O)NC3CN(C(=O)O)CCC3C(=O)O)cc2)c2ccccc2n1. The zero-order valence-electron chi connectivity index (χ0n) is 18.9. The molecule has 3 N–H and O–H groups in total. The van der Waals surface area contributed by atoms with Crippen molar-refractivity contribution in [2.75, 3.05) is 13.1 Å². The highest BCUT2D eigenvalue weighted by atomic mass is 32.2. The van der Waals surface area contributed by atoms with Crippen LogP contribution in [0.4, 0.5) is 4.79 Å². The van der Waals surface area contributed by atoms with Crippen molar-refractivity contribution in [2.45, 2.75) is 30.9 Å². The number of piperidine rings is 1. The van der Waals surface area contributed by atoms with Crippen molar-refractivity contribution in [1.82, 2.24) is 14.6 Å². The molecule has 4 rings (SSSR count). The number of aliphatic carboxylic acids is 1. The number of carboxylic acid groups (broad SMARTS) is 2. The van der Waals surface area contributed by atoms with Crippen LogP contribution in [-0.2, 0) is 21.4 Å². The van der Waals surface area contributed by atoms with Gasteiger partial charge < -0.3 is 19.8 Å². The number of aryl methyl sites for hydroxylation is 1. The first kappa shape index (κ1) is 24.4. The van der Waals surface area contributed by atoms with Gasteiger partial charge in [-0.15, -0.1) is 0 Å². The summed E-state index contributed by atoms with van der Waals surface area (Å²) in [5.74, 6) is -1.74. The number of sulfonamides is 1. The van der Waals surface area contributed by atoms with Gasteiger partial charge in [-0.2, -0.15) is 0 Å². The van der Waals surface area contributed by atoms with E-state index < -0.39 is 34.0 Å². The highest BCUT2D eigenvalue weighted by Gasteiger charge is 2.38. The van der Waals surface area contributed by atoms with E-state index in [0.29, 0.717) is 5.75 Å². The van der Waals surface area contributed by atoms with Crippen LogP contribution in [0.1, 0.15) is 17.7 Å². The zero-order valence-corrected chi connectivity index (χ0v) is 19.7. The smallest absolute Gasteiger partial charge is 0.407 e. The fourth-order valence-electron chi connectivity index (χ4n) is 4.20. The normalized spacial score (nSPS) is 18.4. The standard InChI is InChI=1S/C24H25N3O7S/c1-15-12-16(19-4-2-3-5-21(19)25-15)14-34-17-6-8-18(9-7-17)35(32,33)26-22-13-27(24(30)31)11-10-20(22)23(28)29/h2-9,12,20,22,26H,10-11,13-14H2,1H3,(H,28,29)(H,30,31). The van der Waals surface area contributed by atoms with E-state index in [0.717, 1.165) is 27.1 Å². The Morgan fingerprint density at radius 3 is 2.54 bits per heavy atom. The van der Waals surface area contributed by atoms with Crippen LogP contribution in [0.3, 0.4) is 0 Å². The molecule has 0 aliphatic carbocycles. The van der Waals surface area contributed by atoms with Gasteiger partial charge in [-0.25, -0.2) is 17.9 Å². The first-order chi connectivity index (χ1) is 16.6. The lowest BCUT2D eigenvalue weighted by Crippen LogP contribution is -2.55. The Morgan fingerprint density at radius 2 is 1.86 bits per heavy atom. The number of aromatic nitrogens is 1. The molecule has 1 saturated heterocycles. The highest BCUT2D eigenvalue weighted by molar-refractivity contribution is 7.89. The van der Waals surface area contributed by atoms with Gasteiger partial charge in [-0.05, 0) is 49.7 Å². The second-order valence-corrected chi connectivity index (χ2v) is 10.1. The zero-order chi connectivity index (χ0) is 25.2. The van der Waals surface area contributed by atoms with Crippen LogP contribution in [0.2, 0.25) is 0 Å². The largest absolute Gasteiger partial charge is 0.489 e. The lowest BCUT2D eigenvalue weighted by Gasteiger charge is -2.35. The number of carbonyl (C=O) groups is 2. The predicted molar refractivity (Wildman–Crippen MR) is 127 cm³/mol. The highest BCUT2D eigenvalue weighted by Crippen LogP contribution is 2.24. The number of likely N-dealkylation sites (tertiary alicyclic amines) is 1.